The largest absolute Gasteiger partial charge is 0.460 e. The molecule has 2 fully saturated rings. The molecule has 1 aliphatic carbocycles. The monoisotopic (exact) mass is 197 g/mol. The third-order valence-electron chi connectivity index (χ3n) is 3.16. The third kappa shape index (κ3) is 1.78. The van der Waals surface area contributed by atoms with Crippen LogP contribution in [-0.4, -0.2) is 24.7 Å². The molecule has 0 bridgehead atoms. The number of hydrogen-bond donors (Lipinski definition) is 1. The van der Waals surface area contributed by atoms with E-state index in [0.29, 0.717) is 0 Å². The molecule has 14 heavy (non-hydrogen) atoms. The summed E-state index contributed by atoms with van der Waals surface area (Å²) in [6.45, 7) is 7.82. The predicted octanol–water partition coefficient (Wildman–Crippen LogP) is 1.33. The number of carbonyl (C=O) groups excluding carboxylic acids is 1. The summed E-state index contributed by atoms with van der Waals surface area (Å²) in [4.78, 5) is 11.7. The summed E-state index contributed by atoms with van der Waals surface area (Å²) < 4.78 is 5.38. The van der Waals surface area contributed by atoms with Crippen molar-refractivity contribution < 1.29 is 9.53 Å². The number of nitrogens with one attached hydrogen (secondary N) is 1. The SMILES string of the molecule is CC(C)(C)OC(=O)C1CC12CCNC2. The van der Waals surface area contributed by atoms with Crippen molar-refractivity contribution in [2.75, 3.05) is 13.1 Å². The van der Waals surface area contributed by atoms with Gasteiger partial charge in [-0.1, -0.05) is 0 Å². The van der Waals surface area contributed by atoms with E-state index in [0.717, 1.165) is 25.9 Å². The maximum atomic E-state index is 11.7. The standard InChI is InChI=1S/C11H19NO2/c1-10(2,3)14-9(13)8-6-11(8)4-5-12-7-11/h8,12H,4-7H2,1-3H3. The molecule has 3 nitrogen and oxygen atoms in total. The highest BCUT2D eigenvalue weighted by molar-refractivity contribution is 5.77. The third-order valence-corrected chi connectivity index (χ3v) is 3.16. The van der Waals surface area contributed by atoms with Crippen molar-refractivity contribution in [1.29, 1.82) is 0 Å². The molecule has 0 aromatic heterocycles. The van der Waals surface area contributed by atoms with Gasteiger partial charge in [-0.25, -0.2) is 0 Å². The highest BCUT2D eigenvalue weighted by atomic mass is 16.6. The van der Waals surface area contributed by atoms with Gasteiger partial charge in [-0.05, 0) is 45.6 Å². The Morgan fingerprint density at radius 3 is 2.71 bits per heavy atom. The molecule has 3 heteroatoms. The molecular formula is C11H19NO2. The van der Waals surface area contributed by atoms with E-state index in [1.165, 1.54) is 0 Å². The summed E-state index contributed by atoms with van der Waals surface area (Å²) in [5.41, 5.74) is -0.0742. The summed E-state index contributed by atoms with van der Waals surface area (Å²) in [6, 6.07) is 0. The Kier molecular flexibility index (Phi) is 2.11. The van der Waals surface area contributed by atoms with Crippen LogP contribution in [0.4, 0.5) is 0 Å². The van der Waals surface area contributed by atoms with Gasteiger partial charge >= 0.3 is 5.97 Å². The van der Waals surface area contributed by atoms with Crippen LogP contribution in [0, 0.1) is 11.3 Å². The van der Waals surface area contributed by atoms with Gasteiger partial charge in [0.25, 0.3) is 0 Å². The van der Waals surface area contributed by atoms with Crippen molar-refractivity contribution >= 4 is 5.97 Å². The lowest BCUT2D eigenvalue weighted by molar-refractivity contribution is -0.157. The normalized spacial score (nSPS) is 36.1. The molecule has 0 amide bonds. The number of esters is 1. The second-order valence-corrected chi connectivity index (χ2v) is 5.58. The molecule has 0 aromatic carbocycles. The van der Waals surface area contributed by atoms with E-state index >= 15 is 0 Å². The maximum Gasteiger partial charge on any atom is 0.310 e. The Labute approximate surface area is 85.2 Å². The fraction of sp³-hybridized carbons (Fsp3) is 0.909. The zero-order chi connectivity index (χ0) is 10.4. The first-order chi connectivity index (χ1) is 6.43. The van der Waals surface area contributed by atoms with Gasteiger partial charge in [0.15, 0.2) is 0 Å². The average Bonchev–Trinajstić information content (AvgIpc) is 2.47. The number of hydrogen-bond acceptors (Lipinski definition) is 3. The molecular weight excluding hydrogens is 178 g/mol. The number of ether oxygens (including phenoxy) is 1. The Bertz CT molecular complexity index is 249. The van der Waals surface area contributed by atoms with Crippen molar-refractivity contribution in [3.63, 3.8) is 0 Å². The first kappa shape index (κ1) is 9.97. The Morgan fingerprint density at radius 1 is 1.50 bits per heavy atom. The van der Waals surface area contributed by atoms with Crippen LogP contribution in [0.15, 0.2) is 0 Å². The van der Waals surface area contributed by atoms with Crippen molar-refractivity contribution in [3.05, 3.63) is 0 Å². The number of rotatable bonds is 1. The lowest BCUT2D eigenvalue weighted by Gasteiger charge is -2.20. The topological polar surface area (TPSA) is 38.3 Å². The quantitative estimate of drug-likeness (QED) is 0.644. The van der Waals surface area contributed by atoms with Crippen LogP contribution in [-0.2, 0) is 9.53 Å². The zero-order valence-corrected chi connectivity index (χ0v) is 9.22. The summed E-state index contributed by atoms with van der Waals surface area (Å²) in [6.07, 6.45) is 2.16. The van der Waals surface area contributed by atoms with Gasteiger partial charge in [-0.15, -0.1) is 0 Å². The van der Waals surface area contributed by atoms with E-state index < -0.39 is 0 Å². The van der Waals surface area contributed by atoms with Crippen molar-refractivity contribution in [1.82, 2.24) is 5.32 Å². The molecule has 0 radical (unpaired) electrons. The summed E-state index contributed by atoms with van der Waals surface area (Å²) in [7, 11) is 0. The van der Waals surface area contributed by atoms with E-state index in [-0.39, 0.29) is 22.9 Å². The summed E-state index contributed by atoms with van der Waals surface area (Å²) in [5.74, 6) is 0.165. The minimum Gasteiger partial charge on any atom is -0.460 e. The first-order valence-electron chi connectivity index (χ1n) is 5.37. The van der Waals surface area contributed by atoms with E-state index in [4.69, 9.17) is 4.74 Å². The van der Waals surface area contributed by atoms with Gasteiger partial charge in [0.1, 0.15) is 5.60 Å². The Hall–Kier alpha value is -0.570. The van der Waals surface area contributed by atoms with Crippen molar-refractivity contribution in [2.24, 2.45) is 11.3 Å². The maximum absolute atomic E-state index is 11.7. The minimum atomic E-state index is -0.340. The van der Waals surface area contributed by atoms with Gasteiger partial charge in [0, 0.05) is 6.54 Å². The van der Waals surface area contributed by atoms with Gasteiger partial charge < -0.3 is 10.1 Å². The molecule has 1 saturated carbocycles. The second kappa shape index (κ2) is 2.96. The summed E-state index contributed by atoms with van der Waals surface area (Å²) in [5, 5.41) is 3.31. The van der Waals surface area contributed by atoms with Crippen molar-refractivity contribution in [3.8, 4) is 0 Å². The highest BCUT2D eigenvalue weighted by Gasteiger charge is 2.60. The van der Waals surface area contributed by atoms with Gasteiger partial charge in [0.2, 0.25) is 0 Å². The fourth-order valence-corrected chi connectivity index (χ4v) is 2.29. The van der Waals surface area contributed by atoms with Gasteiger partial charge in [-0.2, -0.15) is 0 Å². The number of carbonyl (C=O) groups is 1. The van der Waals surface area contributed by atoms with Crippen LogP contribution >= 0.6 is 0 Å². The molecule has 2 unspecified atom stereocenters. The highest BCUT2D eigenvalue weighted by Crippen LogP contribution is 2.57. The van der Waals surface area contributed by atoms with Crippen LogP contribution in [0.3, 0.4) is 0 Å². The predicted molar refractivity (Wildman–Crippen MR) is 53.9 cm³/mol. The molecule has 2 atom stereocenters. The van der Waals surface area contributed by atoms with Crippen LogP contribution < -0.4 is 5.32 Å². The molecule has 0 aromatic rings. The van der Waals surface area contributed by atoms with Crippen LogP contribution in [0.25, 0.3) is 0 Å². The van der Waals surface area contributed by atoms with Crippen LogP contribution in [0.1, 0.15) is 33.6 Å². The molecule has 2 aliphatic rings. The Balaban J connectivity index is 1.90. The average molecular weight is 197 g/mol. The van der Waals surface area contributed by atoms with Crippen molar-refractivity contribution in [2.45, 2.75) is 39.2 Å². The minimum absolute atomic E-state index is 0.00111. The van der Waals surface area contributed by atoms with E-state index in [9.17, 15) is 4.79 Å². The van der Waals surface area contributed by atoms with Gasteiger partial charge in [-0.3, -0.25) is 4.79 Å². The fourth-order valence-electron chi connectivity index (χ4n) is 2.29. The van der Waals surface area contributed by atoms with E-state index in [2.05, 4.69) is 5.32 Å². The molecule has 2 rings (SSSR count). The van der Waals surface area contributed by atoms with Crippen LogP contribution in [0.5, 0.6) is 0 Å². The molecule has 80 valence electrons. The van der Waals surface area contributed by atoms with Crippen LogP contribution in [0.2, 0.25) is 0 Å². The molecule has 1 aliphatic heterocycles. The zero-order valence-electron chi connectivity index (χ0n) is 9.22. The molecule has 1 saturated heterocycles. The molecule has 1 spiro atoms. The molecule has 1 heterocycles. The van der Waals surface area contributed by atoms with E-state index in [1.54, 1.807) is 0 Å². The molecule has 1 N–H and O–H groups in total. The summed E-state index contributed by atoms with van der Waals surface area (Å²) >= 11 is 0. The lowest BCUT2D eigenvalue weighted by Crippen LogP contribution is -2.26. The smallest absolute Gasteiger partial charge is 0.310 e. The van der Waals surface area contributed by atoms with Gasteiger partial charge in [0.05, 0.1) is 5.92 Å². The van der Waals surface area contributed by atoms with E-state index in [1.807, 2.05) is 20.8 Å². The second-order valence-electron chi connectivity index (χ2n) is 5.58. The Morgan fingerprint density at radius 2 is 2.21 bits per heavy atom. The first-order valence-corrected chi connectivity index (χ1v) is 5.37. The lowest BCUT2D eigenvalue weighted by atomic mass is 10.0.